The third kappa shape index (κ3) is 3.72. The molecule has 0 aliphatic heterocycles. The normalized spacial score (nSPS) is 13.0. The van der Waals surface area contributed by atoms with Gasteiger partial charge in [0.05, 0.1) is 12.2 Å². The Kier molecular flexibility index (Phi) is 4.16. The van der Waals surface area contributed by atoms with Crippen molar-refractivity contribution in [2.75, 3.05) is 0 Å². The van der Waals surface area contributed by atoms with Gasteiger partial charge in [-0.25, -0.2) is 0 Å². The van der Waals surface area contributed by atoms with Crippen molar-refractivity contribution < 1.29 is 4.79 Å². The van der Waals surface area contributed by atoms with E-state index in [0.29, 0.717) is 5.56 Å². The molecule has 2 rings (SSSR count). The fourth-order valence-corrected chi connectivity index (χ4v) is 2.15. The van der Waals surface area contributed by atoms with Crippen LogP contribution < -0.4 is 5.32 Å². The van der Waals surface area contributed by atoms with E-state index in [-0.39, 0.29) is 17.4 Å². The van der Waals surface area contributed by atoms with Crippen LogP contribution in [0.5, 0.6) is 0 Å². The molecule has 0 spiro atoms. The summed E-state index contributed by atoms with van der Waals surface area (Å²) in [6.45, 7) is 8.43. The Morgan fingerprint density at radius 3 is 2.33 bits per heavy atom. The molecule has 4 heteroatoms. The monoisotopic (exact) mass is 285 g/mol. The van der Waals surface area contributed by atoms with Crippen molar-refractivity contribution in [3.63, 3.8) is 0 Å². The molecule has 0 radical (unpaired) electrons. The SMILES string of the molecule is C[C@@H](NC(=O)c1ccc(C(C)(C)C)cc1)c1cnn(C)c1. The molecule has 1 amide bonds. The van der Waals surface area contributed by atoms with Gasteiger partial charge in [-0.3, -0.25) is 9.48 Å². The number of hydrogen-bond donors (Lipinski definition) is 1. The lowest BCUT2D eigenvalue weighted by Gasteiger charge is -2.19. The Balaban J connectivity index is 2.06. The Morgan fingerprint density at radius 1 is 1.24 bits per heavy atom. The number of carbonyl (C=O) groups is 1. The minimum absolute atomic E-state index is 0.0616. The summed E-state index contributed by atoms with van der Waals surface area (Å²) in [6, 6.07) is 7.74. The summed E-state index contributed by atoms with van der Waals surface area (Å²) >= 11 is 0. The average Bonchev–Trinajstić information content (AvgIpc) is 2.84. The molecule has 0 aliphatic rings. The highest BCUT2D eigenvalue weighted by molar-refractivity contribution is 5.94. The predicted molar refractivity (Wildman–Crippen MR) is 84.2 cm³/mol. The number of carbonyl (C=O) groups excluding carboxylic acids is 1. The molecule has 0 unspecified atom stereocenters. The molecule has 0 bridgehead atoms. The number of nitrogens with zero attached hydrogens (tertiary/aromatic N) is 2. The quantitative estimate of drug-likeness (QED) is 0.941. The zero-order valence-corrected chi connectivity index (χ0v) is 13.3. The fraction of sp³-hybridized carbons (Fsp3) is 0.412. The molecule has 1 heterocycles. The molecule has 112 valence electrons. The van der Waals surface area contributed by atoms with E-state index in [1.807, 2.05) is 44.4 Å². The van der Waals surface area contributed by atoms with Crippen LogP contribution in [0.15, 0.2) is 36.7 Å². The summed E-state index contributed by atoms with van der Waals surface area (Å²) in [4.78, 5) is 12.3. The predicted octanol–water partition coefficient (Wildman–Crippen LogP) is 3.21. The van der Waals surface area contributed by atoms with Crippen LogP contribution in [0.4, 0.5) is 0 Å². The lowest BCUT2D eigenvalue weighted by molar-refractivity contribution is 0.0940. The molecule has 4 nitrogen and oxygen atoms in total. The standard InChI is InChI=1S/C17H23N3O/c1-12(14-10-18-20(5)11-14)19-16(21)13-6-8-15(9-7-13)17(2,3)4/h6-12H,1-5H3,(H,19,21)/t12-/m1/s1. The Labute approximate surface area is 126 Å². The van der Waals surface area contributed by atoms with Gasteiger partial charge in [0.25, 0.3) is 5.91 Å². The minimum Gasteiger partial charge on any atom is -0.345 e. The zero-order valence-electron chi connectivity index (χ0n) is 13.3. The number of hydrogen-bond acceptors (Lipinski definition) is 2. The van der Waals surface area contributed by atoms with Crippen LogP contribution in [0.25, 0.3) is 0 Å². The highest BCUT2D eigenvalue weighted by atomic mass is 16.1. The number of nitrogens with one attached hydrogen (secondary N) is 1. The van der Waals surface area contributed by atoms with Crippen molar-refractivity contribution in [3.05, 3.63) is 53.3 Å². The molecule has 0 aliphatic carbocycles. The maximum Gasteiger partial charge on any atom is 0.251 e. The summed E-state index contributed by atoms with van der Waals surface area (Å²) in [6.07, 6.45) is 3.68. The summed E-state index contributed by atoms with van der Waals surface area (Å²) < 4.78 is 1.73. The summed E-state index contributed by atoms with van der Waals surface area (Å²) in [5, 5.41) is 7.11. The van der Waals surface area contributed by atoms with Crippen molar-refractivity contribution in [2.24, 2.45) is 7.05 Å². The van der Waals surface area contributed by atoms with Crippen LogP contribution in [0.2, 0.25) is 0 Å². The number of benzene rings is 1. The summed E-state index contributed by atoms with van der Waals surface area (Å²) in [7, 11) is 1.86. The van der Waals surface area contributed by atoms with Crippen LogP contribution in [-0.2, 0) is 12.5 Å². The van der Waals surface area contributed by atoms with Crippen LogP contribution in [-0.4, -0.2) is 15.7 Å². The second-order valence-corrected chi connectivity index (χ2v) is 6.47. The zero-order chi connectivity index (χ0) is 15.6. The maximum atomic E-state index is 12.3. The van der Waals surface area contributed by atoms with E-state index in [1.54, 1.807) is 10.9 Å². The van der Waals surface area contributed by atoms with Gasteiger partial charge in [0.1, 0.15) is 0 Å². The molecular weight excluding hydrogens is 262 g/mol. The largest absolute Gasteiger partial charge is 0.345 e. The first-order valence-corrected chi connectivity index (χ1v) is 7.17. The van der Waals surface area contributed by atoms with Gasteiger partial charge in [0, 0.05) is 24.4 Å². The molecule has 1 atom stereocenters. The molecule has 1 aromatic heterocycles. The van der Waals surface area contributed by atoms with Gasteiger partial charge in [0.15, 0.2) is 0 Å². The van der Waals surface area contributed by atoms with Gasteiger partial charge in [0.2, 0.25) is 0 Å². The average molecular weight is 285 g/mol. The number of aryl methyl sites for hydroxylation is 1. The van der Waals surface area contributed by atoms with E-state index in [1.165, 1.54) is 5.56 Å². The Bertz CT molecular complexity index is 620. The number of rotatable bonds is 3. The molecular formula is C17H23N3O. The van der Waals surface area contributed by atoms with Crippen molar-refractivity contribution in [1.29, 1.82) is 0 Å². The molecule has 0 saturated heterocycles. The van der Waals surface area contributed by atoms with E-state index in [2.05, 4.69) is 31.2 Å². The Hall–Kier alpha value is -2.10. The van der Waals surface area contributed by atoms with Gasteiger partial charge in [-0.1, -0.05) is 32.9 Å². The molecule has 1 N–H and O–H groups in total. The van der Waals surface area contributed by atoms with Gasteiger partial charge >= 0.3 is 0 Å². The molecule has 1 aromatic carbocycles. The fourth-order valence-electron chi connectivity index (χ4n) is 2.15. The van der Waals surface area contributed by atoms with E-state index >= 15 is 0 Å². The highest BCUT2D eigenvalue weighted by Crippen LogP contribution is 2.22. The third-order valence-corrected chi connectivity index (χ3v) is 3.59. The first-order chi connectivity index (χ1) is 9.77. The highest BCUT2D eigenvalue weighted by Gasteiger charge is 2.16. The van der Waals surface area contributed by atoms with Gasteiger partial charge in [-0.2, -0.15) is 5.10 Å². The van der Waals surface area contributed by atoms with Crippen molar-refractivity contribution in [3.8, 4) is 0 Å². The number of aromatic nitrogens is 2. The number of amides is 1. The topological polar surface area (TPSA) is 46.9 Å². The van der Waals surface area contributed by atoms with Crippen LogP contribution in [0, 0.1) is 0 Å². The third-order valence-electron chi connectivity index (χ3n) is 3.59. The molecule has 0 fully saturated rings. The lowest BCUT2D eigenvalue weighted by atomic mass is 9.86. The first-order valence-electron chi connectivity index (χ1n) is 7.17. The molecule has 0 saturated carbocycles. The first kappa shape index (κ1) is 15.3. The van der Waals surface area contributed by atoms with Crippen molar-refractivity contribution >= 4 is 5.91 Å². The van der Waals surface area contributed by atoms with Crippen molar-refractivity contribution in [1.82, 2.24) is 15.1 Å². The van der Waals surface area contributed by atoms with Crippen LogP contribution in [0.1, 0.15) is 55.2 Å². The van der Waals surface area contributed by atoms with Crippen LogP contribution in [0.3, 0.4) is 0 Å². The van der Waals surface area contributed by atoms with Crippen LogP contribution >= 0.6 is 0 Å². The van der Waals surface area contributed by atoms with E-state index < -0.39 is 0 Å². The van der Waals surface area contributed by atoms with Gasteiger partial charge in [-0.15, -0.1) is 0 Å². The summed E-state index contributed by atoms with van der Waals surface area (Å²) in [5.41, 5.74) is 2.99. The van der Waals surface area contributed by atoms with Gasteiger partial charge < -0.3 is 5.32 Å². The second kappa shape index (κ2) is 5.72. The molecule has 21 heavy (non-hydrogen) atoms. The molecule has 2 aromatic rings. The van der Waals surface area contributed by atoms with Gasteiger partial charge in [-0.05, 0) is 30.0 Å². The van der Waals surface area contributed by atoms with E-state index in [4.69, 9.17) is 0 Å². The maximum absolute atomic E-state index is 12.3. The lowest BCUT2D eigenvalue weighted by Crippen LogP contribution is -2.26. The second-order valence-electron chi connectivity index (χ2n) is 6.47. The Morgan fingerprint density at radius 2 is 1.86 bits per heavy atom. The van der Waals surface area contributed by atoms with Crippen molar-refractivity contribution in [2.45, 2.75) is 39.2 Å². The van der Waals surface area contributed by atoms with E-state index in [9.17, 15) is 4.79 Å². The smallest absolute Gasteiger partial charge is 0.251 e. The van der Waals surface area contributed by atoms with E-state index in [0.717, 1.165) is 5.56 Å². The summed E-state index contributed by atoms with van der Waals surface area (Å²) in [5.74, 6) is -0.0631. The minimum atomic E-state index is -0.0631.